The van der Waals surface area contributed by atoms with E-state index in [9.17, 15) is 0 Å². The van der Waals surface area contributed by atoms with Gasteiger partial charge in [-0.2, -0.15) is 0 Å². The summed E-state index contributed by atoms with van der Waals surface area (Å²) in [6.45, 7) is 4.59. The molecule has 88 valence electrons. The summed E-state index contributed by atoms with van der Waals surface area (Å²) in [6.07, 6.45) is 10.3. The van der Waals surface area contributed by atoms with Crippen molar-refractivity contribution in [3.05, 3.63) is 59.2 Å². The molecule has 2 aliphatic rings. The number of rotatable bonds is 1. The highest BCUT2D eigenvalue weighted by Crippen LogP contribution is 2.52. The van der Waals surface area contributed by atoms with Crippen molar-refractivity contribution < 1.29 is 0 Å². The minimum absolute atomic E-state index is 0.287. The summed E-state index contributed by atoms with van der Waals surface area (Å²) in [5.41, 5.74) is 4.83. The Kier molecular flexibility index (Phi) is 2.55. The second-order valence-corrected chi connectivity index (χ2v) is 6.81. The van der Waals surface area contributed by atoms with E-state index in [2.05, 4.69) is 72.3 Å². The normalized spacial score (nSPS) is 31.1. The lowest BCUT2D eigenvalue weighted by molar-refractivity contribution is 0.410. The molecule has 1 heteroatoms. The van der Waals surface area contributed by atoms with Crippen LogP contribution in [0.3, 0.4) is 0 Å². The van der Waals surface area contributed by atoms with Crippen molar-refractivity contribution >= 4 is 15.9 Å². The van der Waals surface area contributed by atoms with Crippen molar-refractivity contribution in [1.29, 1.82) is 0 Å². The zero-order valence-corrected chi connectivity index (χ0v) is 11.9. The van der Waals surface area contributed by atoms with Gasteiger partial charge in [0.1, 0.15) is 0 Å². The van der Waals surface area contributed by atoms with Gasteiger partial charge in [0.05, 0.1) is 0 Å². The number of hydrogen-bond acceptors (Lipinski definition) is 0. The molecule has 17 heavy (non-hydrogen) atoms. The standard InChI is InChI=1S/C16H17Br/c1-11(17)12-6-5-7-13-14(12)10-16(2)9-4-3-8-15(13)16/h3-9,11,15H,10H2,1-2H3. The largest absolute Gasteiger partial charge is 0.0842 e. The lowest BCUT2D eigenvalue weighted by Gasteiger charge is -2.28. The molecule has 2 aliphatic carbocycles. The van der Waals surface area contributed by atoms with Gasteiger partial charge < -0.3 is 0 Å². The van der Waals surface area contributed by atoms with Crippen LogP contribution in [0.25, 0.3) is 0 Å². The fraction of sp³-hybridized carbons (Fsp3) is 0.375. The van der Waals surface area contributed by atoms with E-state index in [4.69, 9.17) is 0 Å². The monoisotopic (exact) mass is 288 g/mol. The van der Waals surface area contributed by atoms with Gasteiger partial charge in [-0.05, 0) is 30.0 Å². The molecular formula is C16H17Br. The molecule has 0 saturated carbocycles. The number of halogens is 1. The van der Waals surface area contributed by atoms with E-state index in [0.29, 0.717) is 10.7 Å². The number of hydrogen-bond donors (Lipinski definition) is 0. The number of fused-ring (bicyclic) bond motifs is 3. The zero-order chi connectivity index (χ0) is 12.0. The third kappa shape index (κ3) is 1.63. The van der Waals surface area contributed by atoms with E-state index in [0.717, 1.165) is 0 Å². The van der Waals surface area contributed by atoms with Gasteiger partial charge >= 0.3 is 0 Å². The molecule has 0 saturated heterocycles. The van der Waals surface area contributed by atoms with Crippen molar-refractivity contribution in [2.24, 2.45) is 5.41 Å². The van der Waals surface area contributed by atoms with Crippen LogP contribution in [0.1, 0.15) is 41.3 Å². The Balaban J connectivity index is 2.16. The van der Waals surface area contributed by atoms with E-state index in [-0.39, 0.29) is 5.41 Å². The molecule has 3 unspecified atom stereocenters. The van der Waals surface area contributed by atoms with Gasteiger partial charge in [-0.25, -0.2) is 0 Å². The quantitative estimate of drug-likeness (QED) is 0.644. The van der Waals surface area contributed by atoms with Crippen LogP contribution >= 0.6 is 15.9 Å². The maximum Gasteiger partial charge on any atom is 0.0369 e. The Morgan fingerprint density at radius 3 is 2.94 bits per heavy atom. The number of benzene rings is 1. The average Bonchev–Trinajstić information content (AvgIpc) is 2.60. The van der Waals surface area contributed by atoms with Gasteiger partial charge in [0, 0.05) is 16.2 Å². The predicted molar refractivity (Wildman–Crippen MR) is 76.6 cm³/mol. The first-order chi connectivity index (χ1) is 8.12. The predicted octanol–water partition coefficient (Wildman–Crippen LogP) is 4.91. The molecule has 0 amide bonds. The van der Waals surface area contributed by atoms with Crippen LogP contribution in [0.2, 0.25) is 0 Å². The Hall–Kier alpha value is -0.820. The molecule has 3 atom stereocenters. The van der Waals surface area contributed by atoms with Crippen LogP contribution in [-0.2, 0) is 6.42 Å². The molecule has 0 aliphatic heterocycles. The highest BCUT2D eigenvalue weighted by Gasteiger charge is 2.41. The van der Waals surface area contributed by atoms with Crippen molar-refractivity contribution in [1.82, 2.24) is 0 Å². The van der Waals surface area contributed by atoms with Gasteiger partial charge in [-0.3, -0.25) is 0 Å². The molecule has 0 aromatic heterocycles. The van der Waals surface area contributed by atoms with Crippen LogP contribution in [0, 0.1) is 5.41 Å². The molecule has 0 nitrogen and oxygen atoms in total. The summed E-state index contributed by atoms with van der Waals surface area (Å²) in [7, 11) is 0. The van der Waals surface area contributed by atoms with Crippen molar-refractivity contribution in [3.8, 4) is 0 Å². The van der Waals surface area contributed by atoms with Crippen LogP contribution in [0.5, 0.6) is 0 Å². The first-order valence-corrected chi connectivity index (χ1v) is 7.15. The Labute approximate surface area is 112 Å². The summed E-state index contributed by atoms with van der Waals surface area (Å²) < 4.78 is 0. The van der Waals surface area contributed by atoms with Crippen molar-refractivity contribution in [2.45, 2.75) is 31.0 Å². The first-order valence-electron chi connectivity index (χ1n) is 6.23. The van der Waals surface area contributed by atoms with Crippen LogP contribution in [0.4, 0.5) is 0 Å². The van der Waals surface area contributed by atoms with E-state index >= 15 is 0 Å². The Morgan fingerprint density at radius 2 is 2.18 bits per heavy atom. The van der Waals surface area contributed by atoms with Crippen LogP contribution in [-0.4, -0.2) is 0 Å². The first kappa shape index (κ1) is 11.3. The average molecular weight is 289 g/mol. The molecule has 3 rings (SSSR count). The lowest BCUT2D eigenvalue weighted by atomic mass is 9.75. The topological polar surface area (TPSA) is 0 Å². The smallest absolute Gasteiger partial charge is 0.0369 e. The SMILES string of the molecule is CC(Br)c1cccc2c1CC1(C)C=CC=CC21. The lowest BCUT2D eigenvalue weighted by Crippen LogP contribution is -2.19. The van der Waals surface area contributed by atoms with Gasteiger partial charge in [0.2, 0.25) is 0 Å². The Bertz CT molecular complexity index is 510. The van der Waals surface area contributed by atoms with Gasteiger partial charge in [0.15, 0.2) is 0 Å². The van der Waals surface area contributed by atoms with Gasteiger partial charge in [-0.1, -0.05) is 65.4 Å². The minimum Gasteiger partial charge on any atom is -0.0842 e. The van der Waals surface area contributed by atoms with E-state index < -0.39 is 0 Å². The molecular weight excluding hydrogens is 272 g/mol. The number of alkyl halides is 1. The molecule has 0 N–H and O–H groups in total. The molecule has 0 radical (unpaired) electrons. The van der Waals surface area contributed by atoms with Crippen molar-refractivity contribution in [2.75, 3.05) is 0 Å². The minimum atomic E-state index is 0.287. The molecule has 0 bridgehead atoms. The third-order valence-electron chi connectivity index (χ3n) is 4.17. The maximum atomic E-state index is 3.72. The van der Waals surface area contributed by atoms with Gasteiger partial charge in [-0.15, -0.1) is 0 Å². The van der Waals surface area contributed by atoms with E-state index in [1.165, 1.54) is 17.5 Å². The van der Waals surface area contributed by atoms with Crippen LogP contribution < -0.4 is 0 Å². The second-order valence-electron chi connectivity index (χ2n) is 5.44. The summed E-state index contributed by atoms with van der Waals surface area (Å²) in [5, 5.41) is 0. The summed E-state index contributed by atoms with van der Waals surface area (Å²) in [5.74, 6) is 0.564. The van der Waals surface area contributed by atoms with Gasteiger partial charge in [0.25, 0.3) is 0 Å². The number of allylic oxidation sites excluding steroid dienone is 4. The zero-order valence-electron chi connectivity index (χ0n) is 10.3. The Morgan fingerprint density at radius 1 is 1.35 bits per heavy atom. The summed E-state index contributed by atoms with van der Waals surface area (Å²) in [4.78, 5) is 0.439. The highest BCUT2D eigenvalue weighted by atomic mass is 79.9. The molecule has 1 aromatic carbocycles. The summed E-state index contributed by atoms with van der Waals surface area (Å²) >= 11 is 3.72. The third-order valence-corrected chi connectivity index (χ3v) is 4.67. The second kappa shape index (κ2) is 3.84. The molecule has 0 heterocycles. The molecule has 0 spiro atoms. The highest BCUT2D eigenvalue weighted by molar-refractivity contribution is 9.09. The summed E-state index contributed by atoms with van der Waals surface area (Å²) in [6, 6.07) is 6.75. The molecule has 0 fully saturated rings. The molecule has 1 aromatic rings. The fourth-order valence-electron chi connectivity index (χ4n) is 3.27. The fourth-order valence-corrected chi connectivity index (χ4v) is 3.70. The van der Waals surface area contributed by atoms with E-state index in [1.807, 2.05) is 0 Å². The van der Waals surface area contributed by atoms with Crippen LogP contribution in [0.15, 0.2) is 42.5 Å². The van der Waals surface area contributed by atoms with Crippen molar-refractivity contribution in [3.63, 3.8) is 0 Å². The maximum absolute atomic E-state index is 3.72. The van der Waals surface area contributed by atoms with E-state index in [1.54, 1.807) is 5.56 Å².